The maximum Gasteiger partial charge on any atom is 0.324 e. The van der Waals surface area contributed by atoms with Crippen molar-refractivity contribution in [2.24, 2.45) is 0 Å². The van der Waals surface area contributed by atoms with E-state index in [1.54, 1.807) is 13.8 Å². The topological polar surface area (TPSA) is 94.6 Å². The van der Waals surface area contributed by atoms with E-state index in [2.05, 4.69) is 4.74 Å². The fraction of sp³-hybridized carbons (Fsp3) is 0.889. The van der Waals surface area contributed by atoms with Crippen LogP contribution >= 0.6 is 0 Å². The first-order valence-corrected chi connectivity index (χ1v) is 8.97. The second-order valence-electron chi connectivity index (χ2n) is 3.65. The molecule has 0 radical (unpaired) electrons. The van der Waals surface area contributed by atoms with E-state index >= 15 is 0 Å². The number of esters is 1. The van der Waals surface area contributed by atoms with E-state index in [0.29, 0.717) is 0 Å². The lowest BCUT2D eigenvalue weighted by molar-refractivity contribution is -0.142. The van der Waals surface area contributed by atoms with Crippen molar-refractivity contribution >= 4 is 25.6 Å². The molecular weight excluding hydrogens is 268 g/mol. The Morgan fingerprint density at radius 2 is 1.65 bits per heavy atom. The molecule has 17 heavy (non-hydrogen) atoms. The van der Waals surface area contributed by atoms with Gasteiger partial charge in [-0.25, -0.2) is 16.8 Å². The Bertz CT molecular complexity index is 448. The van der Waals surface area contributed by atoms with Crippen LogP contribution in [-0.4, -0.2) is 52.4 Å². The molecule has 6 nitrogen and oxygen atoms in total. The molecule has 0 aliphatic heterocycles. The lowest BCUT2D eigenvalue weighted by atomic mass is 10.3. The van der Waals surface area contributed by atoms with Crippen molar-refractivity contribution in [3.05, 3.63) is 0 Å². The Hall–Kier alpha value is -0.630. The summed E-state index contributed by atoms with van der Waals surface area (Å²) in [4.78, 5) is 11.4. The molecule has 8 heteroatoms. The Morgan fingerprint density at radius 1 is 1.12 bits per heavy atom. The Kier molecular flexibility index (Phi) is 6.11. The van der Waals surface area contributed by atoms with E-state index in [1.165, 1.54) is 0 Å². The lowest BCUT2D eigenvalue weighted by Crippen LogP contribution is -2.35. The zero-order valence-corrected chi connectivity index (χ0v) is 11.8. The summed E-state index contributed by atoms with van der Waals surface area (Å²) >= 11 is 0. The SMILES string of the molecule is CCOC(=O)C(CC)S(=O)(=O)CCS(C)(=O)=O. The van der Waals surface area contributed by atoms with Gasteiger partial charge < -0.3 is 4.74 Å². The quantitative estimate of drug-likeness (QED) is 0.601. The third-order valence-corrected chi connectivity index (χ3v) is 5.46. The van der Waals surface area contributed by atoms with Crippen LogP contribution < -0.4 is 0 Å². The molecule has 0 bridgehead atoms. The third-order valence-electron chi connectivity index (χ3n) is 2.09. The molecule has 0 aromatic heterocycles. The van der Waals surface area contributed by atoms with Crippen LogP contribution in [0.3, 0.4) is 0 Å². The van der Waals surface area contributed by atoms with Crippen molar-refractivity contribution in [2.75, 3.05) is 24.4 Å². The highest BCUT2D eigenvalue weighted by atomic mass is 32.2. The molecule has 0 fully saturated rings. The van der Waals surface area contributed by atoms with Crippen molar-refractivity contribution < 1.29 is 26.4 Å². The van der Waals surface area contributed by atoms with Gasteiger partial charge in [-0.05, 0) is 13.3 Å². The van der Waals surface area contributed by atoms with Crippen molar-refractivity contribution in [1.29, 1.82) is 0 Å². The summed E-state index contributed by atoms with van der Waals surface area (Å²) in [5.41, 5.74) is 0. The highest BCUT2D eigenvalue weighted by Crippen LogP contribution is 2.10. The van der Waals surface area contributed by atoms with E-state index in [9.17, 15) is 21.6 Å². The molecule has 0 rings (SSSR count). The van der Waals surface area contributed by atoms with Crippen LogP contribution in [0.5, 0.6) is 0 Å². The van der Waals surface area contributed by atoms with Crippen LogP contribution in [0.1, 0.15) is 20.3 Å². The summed E-state index contributed by atoms with van der Waals surface area (Å²) in [7, 11) is -7.15. The van der Waals surface area contributed by atoms with E-state index < -0.39 is 42.4 Å². The van der Waals surface area contributed by atoms with Gasteiger partial charge in [0.05, 0.1) is 18.1 Å². The molecule has 1 unspecified atom stereocenters. The molecule has 0 amide bonds. The summed E-state index contributed by atoms with van der Waals surface area (Å²) in [6, 6.07) is 0. The molecule has 0 aromatic rings. The monoisotopic (exact) mass is 286 g/mol. The standard InChI is InChI=1S/C9H18O6S2/c1-4-8(9(10)15-5-2)17(13,14)7-6-16(3,11)12/h8H,4-7H2,1-3H3. The molecule has 0 N–H and O–H groups in total. The molecule has 0 saturated heterocycles. The van der Waals surface area contributed by atoms with Crippen LogP contribution in [0.15, 0.2) is 0 Å². The Morgan fingerprint density at radius 3 is 2.00 bits per heavy atom. The maximum absolute atomic E-state index is 11.8. The van der Waals surface area contributed by atoms with Crippen molar-refractivity contribution in [3.8, 4) is 0 Å². The summed E-state index contributed by atoms with van der Waals surface area (Å²) < 4.78 is 50.0. The summed E-state index contributed by atoms with van der Waals surface area (Å²) in [6.07, 6.45) is 1.03. The van der Waals surface area contributed by atoms with Gasteiger partial charge in [-0.3, -0.25) is 4.79 Å². The third kappa shape index (κ3) is 6.02. The average molecular weight is 286 g/mol. The molecule has 0 aromatic carbocycles. The molecule has 102 valence electrons. The minimum Gasteiger partial charge on any atom is -0.465 e. The molecule has 0 saturated carbocycles. The second kappa shape index (κ2) is 6.34. The Labute approximate surface area is 102 Å². The average Bonchev–Trinajstić information content (AvgIpc) is 2.15. The number of carbonyl (C=O) groups excluding carboxylic acids is 1. The van der Waals surface area contributed by atoms with E-state index in [1.807, 2.05) is 0 Å². The molecule has 0 aliphatic carbocycles. The molecule has 0 heterocycles. The van der Waals surface area contributed by atoms with Gasteiger partial charge in [0, 0.05) is 6.26 Å². The van der Waals surface area contributed by atoms with Gasteiger partial charge in [-0.1, -0.05) is 6.92 Å². The number of hydrogen-bond donors (Lipinski definition) is 0. The number of rotatable bonds is 7. The number of sulfone groups is 2. The van der Waals surface area contributed by atoms with Gasteiger partial charge in [0.2, 0.25) is 0 Å². The van der Waals surface area contributed by atoms with Gasteiger partial charge in [-0.2, -0.15) is 0 Å². The zero-order valence-electron chi connectivity index (χ0n) is 10.2. The first-order valence-electron chi connectivity index (χ1n) is 5.20. The van der Waals surface area contributed by atoms with Crippen LogP contribution in [0.25, 0.3) is 0 Å². The smallest absolute Gasteiger partial charge is 0.324 e. The molecule has 0 aliphatic rings. The van der Waals surface area contributed by atoms with Gasteiger partial charge in [0.15, 0.2) is 15.1 Å². The largest absolute Gasteiger partial charge is 0.465 e. The zero-order chi connectivity index (χ0) is 13.7. The highest BCUT2D eigenvalue weighted by molar-refractivity contribution is 7.95. The van der Waals surface area contributed by atoms with Crippen molar-refractivity contribution in [3.63, 3.8) is 0 Å². The van der Waals surface area contributed by atoms with E-state index in [-0.39, 0.29) is 13.0 Å². The van der Waals surface area contributed by atoms with Crippen molar-refractivity contribution in [1.82, 2.24) is 0 Å². The van der Waals surface area contributed by atoms with E-state index in [0.717, 1.165) is 6.26 Å². The second-order valence-corrected chi connectivity index (χ2v) is 8.21. The fourth-order valence-corrected chi connectivity index (χ4v) is 4.51. The van der Waals surface area contributed by atoms with Crippen LogP contribution in [0.4, 0.5) is 0 Å². The highest BCUT2D eigenvalue weighted by Gasteiger charge is 2.32. The van der Waals surface area contributed by atoms with E-state index in [4.69, 9.17) is 0 Å². The normalized spacial score (nSPS) is 14.3. The van der Waals surface area contributed by atoms with Crippen LogP contribution in [0.2, 0.25) is 0 Å². The fourth-order valence-electron chi connectivity index (χ4n) is 1.21. The van der Waals surface area contributed by atoms with Gasteiger partial charge in [0.1, 0.15) is 9.84 Å². The number of ether oxygens (including phenoxy) is 1. The molecular formula is C9H18O6S2. The lowest BCUT2D eigenvalue weighted by Gasteiger charge is -2.13. The summed E-state index contributed by atoms with van der Waals surface area (Å²) in [5.74, 6) is -1.85. The van der Waals surface area contributed by atoms with Crippen LogP contribution in [-0.2, 0) is 29.2 Å². The number of hydrogen-bond acceptors (Lipinski definition) is 6. The van der Waals surface area contributed by atoms with Gasteiger partial charge in [0.25, 0.3) is 0 Å². The predicted molar refractivity (Wildman–Crippen MR) is 64.2 cm³/mol. The molecule has 1 atom stereocenters. The van der Waals surface area contributed by atoms with Crippen molar-refractivity contribution in [2.45, 2.75) is 25.5 Å². The van der Waals surface area contributed by atoms with Gasteiger partial charge >= 0.3 is 5.97 Å². The maximum atomic E-state index is 11.8. The minimum atomic E-state index is -3.78. The number of carbonyl (C=O) groups is 1. The predicted octanol–water partition coefficient (Wildman–Crippen LogP) is -0.212. The summed E-state index contributed by atoms with van der Waals surface area (Å²) in [5, 5.41) is -1.27. The molecule has 0 spiro atoms. The summed E-state index contributed by atoms with van der Waals surface area (Å²) in [6.45, 7) is 3.21. The van der Waals surface area contributed by atoms with Crippen LogP contribution in [0, 0.1) is 0 Å². The minimum absolute atomic E-state index is 0.0743. The van der Waals surface area contributed by atoms with Gasteiger partial charge in [-0.15, -0.1) is 0 Å². The first kappa shape index (κ1) is 16.4. The Balaban J connectivity index is 4.82. The first-order chi connectivity index (χ1) is 7.64.